The molecule has 2 aliphatic carbocycles. The maximum absolute atomic E-state index is 12.2. The molecule has 0 aliphatic heterocycles. The Labute approximate surface area is 112 Å². The quantitative estimate of drug-likeness (QED) is 0.576. The lowest BCUT2D eigenvalue weighted by atomic mass is 10.1. The van der Waals surface area contributed by atoms with Gasteiger partial charge in [0.25, 0.3) is 0 Å². The monoisotopic (exact) mass is 305 g/mol. The molecule has 0 radical (unpaired) electrons. The van der Waals surface area contributed by atoms with Crippen molar-refractivity contribution in [1.82, 2.24) is 5.32 Å². The van der Waals surface area contributed by atoms with Crippen molar-refractivity contribution in [1.29, 1.82) is 0 Å². The molecule has 1 N–H and O–H groups in total. The van der Waals surface area contributed by atoms with E-state index in [0.717, 1.165) is 25.7 Å². The second-order valence-electron chi connectivity index (χ2n) is 5.49. The third-order valence-electron chi connectivity index (χ3n) is 3.62. The Hall–Kier alpha value is -0.500. The molecule has 0 bridgehead atoms. The van der Waals surface area contributed by atoms with Crippen molar-refractivity contribution in [3.63, 3.8) is 0 Å². The van der Waals surface area contributed by atoms with Gasteiger partial charge in [0.15, 0.2) is 0 Å². The van der Waals surface area contributed by atoms with E-state index in [1.807, 2.05) is 0 Å². The molecule has 8 heteroatoms. The first-order chi connectivity index (χ1) is 9.19. The zero-order chi connectivity index (χ0) is 15.0. The molecule has 0 aromatic carbocycles. The summed E-state index contributed by atoms with van der Waals surface area (Å²) in [6.45, 7) is -0.583. The van der Waals surface area contributed by atoms with Crippen LogP contribution in [0.2, 0.25) is 0 Å². The Morgan fingerprint density at radius 2 is 1.35 bits per heavy atom. The van der Waals surface area contributed by atoms with Crippen molar-refractivity contribution >= 4 is 0 Å². The van der Waals surface area contributed by atoms with Crippen LogP contribution in [0.4, 0.5) is 26.3 Å². The molecule has 0 aromatic heterocycles. The van der Waals surface area contributed by atoms with Crippen LogP contribution in [0, 0.1) is 11.8 Å². The van der Waals surface area contributed by atoms with Gasteiger partial charge in [-0.2, -0.15) is 26.3 Å². The molecule has 118 valence electrons. The molecular formula is C12H17F6NO. The van der Waals surface area contributed by atoms with Crippen LogP contribution in [0.15, 0.2) is 0 Å². The van der Waals surface area contributed by atoms with E-state index >= 15 is 0 Å². The Balaban J connectivity index is 1.72. The van der Waals surface area contributed by atoms with Gasteiger partial charge < -0.3 is 10.1 Å². The minimum atomic E-state index is -5.43. The minimum Gasteiger partial charge on any atom is -0.360 e. The number of hydrogen-bond acceptors (Lipinski definition) is 2. The summed E-state index contributed by atoms with van der Waals surface area (Å²) < 4.78 is 77.3. The molecule has 2 saturated carbocycles. The lowest BCUT2D eigenvalue weighted by Gasteiger charge is -2.24. The van der Waals surface area contributed by atoms with Crippen LogP contribution in [0.1, 0.15) is 25.7 Å². The topological polar surface area (TPSA) is 21.3 Å². The van der Waals surface area contributed by atoms with Crippen molar-refractivity contribution in [2.45, 2.75) is 50.2 Å². The van der Waals surface area contributed by atoms with Crippen LogP contribution in [0.5, 0.6) is 0 Å². The fraction of sp³-hybridized carbons (Fsp3) is 1.00. The van der Waals surface area contributed by atoms with Crippen molar-refractivity contribution < 1.29 is 31.1 Å². The summed E-state index contributed by atoms with van der Waals surface area (Å²) in [4.78, 5) is 0. The van der Waals surface area contributed by atoms with Crippen LogP contribution in [0.25, 0.3) is 0 Å². The van der Waals surface area contributed by atoms with Gasteiger partial charge in [0.1, 0.15) is 0 Å². The van der Waals surface area contributed by atoms with Crippen molar-refractivity contribution in [2.75, 3.05) is 13.2 Å². The van der Waals surface area contributed by atoms with Gasteiger partial charge in [-0.15, -0.1) is 0 Å². The van der Waals surface area contributed by atoms with Gasteiger partial charge in [0.2, 0.25) is 6.10 Å². The molecule has 0 amide bonds. The molecule has 20 heavy (non-hydrogen) atoms. The summed E-state index contributed by atoms with van der Waals surface area (Å²) in [5.74, 6) is 1.06. The molecule has 2 aliphatic rings. The molecule has 2 rings (SSSR count). The predicted molar refractivity (Wildman–Crippen MR) is 59.1 cm³/mol. The van der Waals surface area contributed by atoms with E-state index in [9.17, 15) is 26.3 Å². The highest BCUT2D eigenvalue weighted by molar-refractivity contribution is 4.96. The van der Waals surface area contributed by atoms with E-state index in [1.165, 1.54) is 0 Å². The van der Waals surface area contributed by atoms with Crippen LogP contribution in [0.3, 0.4) is 0 Å². The minimum absolute atomic E-state index is 0.0142. The zero-order valence-electron chi connectivity index (χ0n) is 10.7. The number of hydrogen-bond donors (Lipinski definition) is 1. The molecular weight excluding hydrogens is 288 g/mol. The maximum Gasteiger partial charge on any atom is 0.423 e. The van der Waals surface area contributed by atoms with Crippen molar-refractivity contribution in [2.24, 2.45) is 11.8 Å². The van der Waals surface area contributed by atoms with Gasteiger partial charge in [-0.3, -0.25) is 0 Å². The van der Waals surface area contributed by atoms with E-state index in [4.69, 9.17) is 0 Å². The third kappa shape index (κ3) is 4.51. The largest absolute Gasteiger partial charge is 0.423 e. The first kappa shape index (κ1) is 15.9. The van der Waals surface area contributed by atoms with Gasteiger partial charge in [0.05, 0.1) is 6.61 Å². The van der Waals surface area contributed by atoms with E-state index in [1.54, 1.807) is 0 Å². The Morgan fingerprint density at radius 1 is 0.900 bits per heavy atom. The highest BCUT2D eigenvalue weighted by Crippen LogP contribution is 2.44. The van der Waals surface area contributed by atoms with E-state index in [-0.39, 0.29) is 12.6 Å². The van der Waals surface area contributed by atoms with Gasteiger partial charge in [-0.1, -0.05) is 0 Å². The van der Waals surface area contributed by atoms with Gasteiger partial charge in [-0.05, 0) is 37.5 Å². The Morgan fingerprint density at radius 3 is 1.70 bits per heavy atom. The lowest BCUT2D eigenvalue weighted by molar-refractivity contribution is -0.321. The van der Waals surface area contributed by atoms with Gasteiger partial charge >= 0.3 is 12.4 Å². The Bertz CT molecular complexity index is 295. The number of nitrogens with one attached hydrogen (secondary N) is 1. The summed E-state index contributed by atoms with van der Waals surface area (Å²) in [6.07, 6.45) is -10.2. The van der Waals surface area contributed by atoms with Crippen LogP contribution in [-0.4, -0.2) is 37.7 Å². The van der Waals surface area contributed by atoms with Crippen molar-refractivity contribution in [3.05, 3.63) is 0 Å². The number of halogens is 6. The fourth-order valence-corrected chi connectivity index (χ4v) is 2.41. The molecule has 0 spiro atoms. The van der Waals surface area contributed by atoms with Crippen LogP contribution in [-0.2, 0) is 4.74 Å². The van der Waals surface area contributed by atoms with Crippen LogP contribution >= 0.6 is 0 Å². The summed E-state index contributed by atoms with van der Waals surface area (Å²) in [5, 5.41) is 3.04. The van der Waals surface area contributed by atoms with E-state index in [2.05, 4.69) is 10.1 Å². The summed E-state index contributed by atoms with van der Waals surface area (Å²) in [7, 11) is 0. The number of rotatable bonds is 7. The normalized spacial score (nSPS) is 21.0. The molecule has 0 saturated heterocycles. The highest BCUT2D eigenvalue weighted by Gasteiger charge is 2.57. The number of alkyl halides is 6. The first-order valence-electron chi connectivity index (χ1n) is 6.68. The molecule has 2 nitrogen and oxygen atoms in total. The Kier molecular flexibility index (Phi) is 4.53. The second kappa shape index (κ2) is 5.71. The summed E-state index contributed by atoms with van der Waals surface area (Å²) in [5.41, 5.74) is 0. The predicted octanol–water partition coefficient (Wildman–Crippen LogP) is 3.27. The highest BCUT2D eigenvalue weighted by atomic mass is 19.4. The second-order valence-corrected chi connectivity index (χ2v) is 5.49. The van der Waals surface area contributed by atoms with Gasteiger partial charge in [0, 0.05) is 12.6 Å². The van der Waals surface area contributed by atoms with E-state index < -0.39 is 25.1 Å². The molecule has 0 heterocycles. The first-order valence-corrected chi connectivity index (χ1v) is 6.68. The summed E-state index contributed by atoms with van der Waals surface area (Å²) in [6, 6.07) is 0.230. The van der Waals surface area contributed by atoms with Crippen LogP contribution < -0.4 is 5.32 Å². The SMILES string of the molecule is FC(F)(F)C(OCCNC(C1CC1)C1CC1)C(F)(F)F. The van der Waals surface area contributed by atoms with Gasteiger partial charge in [-0.25, -0.2) is 0 Å². The van der Waals surface area contributed by atoms with Crippen molar-refractivity contribution in [3.8, 4) is 0 Å². The number of ether oxygens (including phenoxy) is 1. The zero-order valence-corrected chi connectivity index (χ0v) is 10.7. The molecule has 0 unspecified atom stereocenters. The third-order valence-corrected chi connectivity index (χ3v) is 3.62. The molecule has 2 fully saturated rings. The summed E-state index contributed by atoms with van der Waals surface area (Å²) >= 11 is 0. The maximum atomic E-state index is 12.2. The lowest BCUT2D eigenvalue weighted by Crippen LogP contribution is -2.46. The molecule has 0 aromatic rings. The average Bonchev–Trinajstić information content (AvgIpc) is 3.11. The van der Waals surface area contributed by atoms with E-state index in [0.29, 0.717) is 11.8 Å². The fourth-order valence-electron chi connectivity index (χ4n) is 2.41. The molecule has 0 atom stereocenters. The smallest absolute Gasteiger partial charge is 0.360 e. The standard InChI is InChI=1S/C12H17F6NO/c13-11(14,15)10(12(16,17)18)20-6-5-19-9(7-1-2-7)8-3-4-8/h7-10,19H,1-6H2. The average molecular weight is 305 g/mol.